The predicted molar refractivity (Wildman–Crippen MR) is 102 cm³/mol. The second-order valence-electron chi connectivity index (χ2n) is 7.16. The molecule has 1 heterocycles. The highest BCUT2D eigenvalue weighted by molar-refractivity contribution is 5.91. The second-order valence-corrected chi connectivity index (χ2v) is 7.16. The minimum atomic E-state index is -0.0425. The van der Waals surface area contributed by atoms with E-state index in [4.69, 9.17) is 5.10 Å². The molecule has 3 rings (SSSR count). The Labute approximate surface area is 149 Å². The molecule has 134 valence electrons. The molecule has 0 spiro atoms. The fourth-order valence-electron chi connectivity index (χ4n) is 3.83. The van der Waals surface area contributed by atoms with Gasteiger partial charge in [0.05, 0.1) is 5.69 Å². The van der Waals surface area contributed by atoms with Crippen LogP contribution in [0.15, 0.2) is 18.3 Å². The Morgan fingerprint density at radius 3 is 2.68 bits per heavy atom. The maximum Gasteiger partial charge on any atom is 0.221 e. The number of nitrogens with zero attached hydrogens (tertiary/aromatic N) is 2. The topological polar surface area (TPSA) is 59.0 Å². The van der Waals surface area contributed by atoms with Crippen molar-refractivity contribution in [2.24, 2.45) is 7.05 Å². The molecular weight excluding hydrogens is 312 g/mol. The van der Waals surface area contributed by atoms with Crippen molar-refractivity contribution in [2.75, 3.05) is 10.6 Å². The van der Waals surface area contributed by atoms with E-state index in [0.29, 0.717) is 5.92 Å². The lowest BCUT2D eigenvalue weighted by molar-refractivity contribution is -0.114. The third kappa shape index (κ3) is 3.86. The van der Waals surface area contributed by atoms with E-state index in [9.17, 15) is 4.79 Å². The molecule has 25 heavy (non-hydrogen) atoms. The van der Waals surface area contributed by atoms with Crippen LogP contribution in [0.5, 0.6) is 0 Å². The molecule has 0 aliphatic heterocycles. The van der Waals surface area contributed by atoms with Gasteiger partial charge in [-0.25, -0.2) is 0 Å². The van der Waals surface area contributed by atoms with E-state index in [1.165, 1.54) is 36.9 Å². The van der Waals surface area contributed by atoms with Crippen LogP contribution in [0, 0.1) is 13.8 Å². The van der Waals surface area contributed by atoms with Crippen LogP contribution < -0.4 is 10.6 Å². The van der Waals surface area contributed by atoms with Crippen molar-refractivity contribution in [3.63, 3.8) is 0 Å². The highest BCUT2D eigenvalue weighted by Gasteiger charge is 2.22. The molecule has 1 aromatic heterocycles. The summed E-state index contributed by atoms with van der Waals surface area (Å²) < 4.78 is 1.93. The summed E-state index contributed by atoms with van der Waals surface area (Å²) in [6.45, 7) is 6.36. The Balaban J connectivity index is 1.79. The molecule has 2 aromatic rings. The van der Waals surface area contributed by atoms with Crippen molar-refractivity contribution in [3.8, 4) is 0 Å². The molecule has 1 aliphatic carbocycles. The van der Waals surface area contributed by atoms with E-state index in [2.05, 4.69) is 22.9 Å². The number of hydrogen-bond acceptors (Lipinski definition) is 3. The smallest absolute Gasteiger partial charge is 0.221 e. The average Bonchev–Trinajstić information content (AvgIpc) is 3.19. The zero-order chi connectivity index (χ0) is 18.0. The Hall–Kier alpha value is -2.30. The molecule has 0 saturated heterocycles. The van der Waals surface area contributed by atoms with Gasteiger partial charge in [0.25, 0.3) is 0 Å². The number of aryl methyl sites for hydroxylation is 2. The summed E-state index contributed by atoms with van der Waals surface area (Å²) in [5.74, 6) is 0.561. The largest absolute Gasteiger partial charge is 0.381 e. The van der Waals surface area contributed by atoms with Crippen molar-refractivity contribution < 1.29 is 4.79 Å². The number of rotatable bonds is 5. The zero-order valence-corrected chi connectivity index (χ0v) is 15.6. The fourth-order valence-corrected chi connectivity index (χ4v) is 3.83. The minimum Gasteiger partial charge on any atom is -0.381 e. The number of hydrogen-bond donors (Lipinski definition) is 2. The summed E-state index contributed by atoms with van der Waals surface area (Å²) in [5, 5.41) is 11.2. The van der Waals surface area contributed by atoms with Gasteiger partial charge in [-0.3, -0.25) is 9.48 Å². The summed E-state index contributed by atoms with van der Waals surface area (Å²) in [6, 6.07) is 4.13. The van der Waals surface area contributed by atoms with E-state index in [-0.39, 0.29) is 5.91 Å². The number of aromatic nitrogens is 2. The fraction of sp³-hybridized carbons (Fsp3) is 0.500. The molecule has 0 radical (unpaired) electrons. The van der Waals surface area contributed by atoms with Gasteiger partial charge in [0.15, 0.2) is 0 Å². The molecule has 1 aliphatic rings. The summed E-state index contributed by atoms with van der Waals surface area (Å²) >= 11 is 0. The summed E-state index contributed by atoms with van der Waals surface area (Å²) in [6.07, 6.45) is 7.25. The van der Waals surface area contributed by atoms with Crippen molar-refractivity contribution >= 4 is 17.3 Å². The number of benzene rings is 1. The Kier molecular flexibility index (Phi) is 5.11. The minimum absolute atomic E-state index is 0.0425. The monoisotopic (exact) mass is 340 g/mol. The van der Waals surface area contributed by atoms with Gasteiger partial charge in [0.1, 0.15) is 0 Å². The molecule has 5 nitrogen and oxygen atoms in total. The first-order chi connectivity index (χ1) is 12.0. The lowest BCUT2D eigenvalue weighted by Gasteiger charge is -2.16. The second kappa shape index (κ2) is 7.30. The Bertz CT molecular complexity index is 772. The van der Waals surface area contributed by atoms with Crippen LogP contribution in [0.4, 0.5) is 11.4 Å². The van der Waals surface area contributed by atoms with Crippen molar-refractivity contribution in [2.45, 2.75) is 58.9 Å². The third-order valence-electron chi connectivity index (χ3n) is 5.12. The van der Waals surface area contributed by atoms with Gasteiger partial charge in [-0.05, 0) is 43.9 Å². The van der Waals surface area contributed by atoms with Crippen molar-refractivity contribution in [3.05, 3.63) is 40.7 Å². The van der Waals surface area contributed by atoms with Crippen LogP contribution in [0.25, 0.3) is 0 Å². The molecule has 0 unspecified atom stereocenters. The van der Waals surface area contributed by atoms with Gasteiger partial charge in [-0.15, -0.1) is 0 Å². The van der Waals surface area contributed by atoms with E-state index in [1.54, 1.807) is 6.92 Å². The summed E-state index contributed by atoms with van der Waals surface area (Å²) in [4.78, 5) is 11.5. The van der Waals surface area contributed by atoms with E-state index < -0.39 is 0 Å². The number of carbonyl (C=O) groups excluding carboxylic acids is 1. The SMILES string of the molecule is CC(=O)Nc1c(C)ccc(NCc2cn(C)nc2C2CCCC2)c1C. The lowest BCUT2D eigenvalue weighted by Crippen LogP contribution is -2.11. The van der Waals surface area contributed by atoms with Gasteiger partial charge < -0.3 is 10.6 Å². The Morgan fingerprint density at radius 2 is 2.00 bits per heavy atom. The molecule has 5 heteroatoms. The van der Waals surface area contributed by atoms with Crippen LogP contribution in [0.2, 0.25) is 0 Å². The van der Waals surface area contributed by atoms with Crippen molar-refractivity contribution in [1.82, 2.24) is 9.78 Å². The standard InChI is InChI=1S/C20H28N4O/c1-13-9-10-18(14(2)19(13)22-15(3)25)21-11-17-12-24(4)23-20(17)16-7-5-6-8-16/h9-10,12,16,21H,5-8,11H2,1-4H3,(H,22,25). The Morgan fingerprint density at radius 1 is 1.28 bits per heavy atom. The van der Waals surface area contributed by atoms with Gasteiger partial charge in [0.2, 0.25) is 5.91 Å². The first kappa shape index (κ1) is 17.5. The maximum absolute atomic E-state index is 11.5. The molecule has 1 amide bonds. The zero-order valence-electron chi connectivity index (χ0n) is 15.6. The van der Waals surface area contributed by atoms with Gasteiger partial charge in [-0.1, -0.05) is 18.9 Å². The highest BCUT2D eigenvalue weighted by atomic mass is 16.1. The number of anilines is 2. The van der Waals surface area contributed by atoms with Crippen LogP contribution in [-0.4, -0.2) is 15.7 Å². The lowest BCUT2D eigenvalue weighted by atomic mass is 10.0. The number of carbonyl (C=O) groups is 1. The van der Waals surface area contributed by atoms with Gasteiger partial charge in [0, 0.05) is 49.6 Å². The first-order valence-corrected chi connectivity index (χ1v) is 9.09. The quantitative estimate of drug-likeness (QED) is 0.855. The molecule has 2 N–H and O–H groups in total. The van der Waals surface area contributed by atoms with E-state index in [0.717, 1.165) is 29.0 Å². The van der Waals surface area contributed by atoms with Crippen LogP contribution in [0.1, 0.15) is 60.9 Å². The normalized spacial score (nSPS) is 14.7. The van der Waals surface area contributed by atoms with Crippen LogP contribution >= 0.6 is 0 Å². The third-order valence-corrected chi connectivity index (χ3v) is 5.12. The first-order valence-electron chi connectivity index (χ1n) is 9.09. The van der Waals surface area contributed by atoms with Crippen LogP contribution in [-0.2, 0) is 18.4 Å². The highest BCUT2D eigenvalue weighted by Crippen LogP contribution is 2.35. The summed E-state index contributed by atoms with van der Waals surface area (Å²) in [7, 11) is 1.99. The van der Waals surface area contributed by atoms with E-state index >= 15 is 0 Å². The number of nitrogens with one attached hydrogen (secondary N) is 2. The molecule has 0 bridgehead atoms. The van der Waals surface area contributed by atoms with Crippen LogP contribution in [0.3, 0.4) is 0 Å². The predicted octanol–water partition coefficient (Wildman–Crippen LogP) is 4.27. The molecule has 1 fully saturated rings. The number of amides is 1. The average molecular weight is 340 g/mol. The maximum atomic E-state index is 11.5. The molecule has 0 atom stereocenters. The molecule has 1 aromatic carbocycles. The van der Waals surface area contributed by atoms with Crippen molar-refractivity contribution in [1.29, 1.82) is 0 Å². The van der Waals surface area contributed by atoms with Gasteiger partial charge >= 0.3 is 0 Å². The van der Waals surface area contributed by atoms with E-state index in [1.807, 2.05) is 31.6 Å². The molecular formula is C20H28N4O. The molecule has 1 saturated carbocycles. The summed E-state index contributed by atoms with van der Waals surface area (Å²) in [5.41, 5.74) is 6.62. The van der Waals surface area contributed by atoms with Gasteiger partial charge in [-0.2, -0.15) is 5.10 Å².